The van der Waals surface area contributed by atoms with E-state index in [0.717, 1.165) is 48.9 Å². The van der Waals surface area contributed by atoms with E-state index in [9.17, 15) is 9.59 Å². The van der Waals surface area contributed by atoms with Crippen molar-refractivity contribution in [2.24, 2.45) is 0 Å². The van der Waals surface area contributed by atoms with Crippen LogP contribution in [0.25, 0.3) is 10.9 Å². The monoisotopic (exact) mass is 479 g/mol. The third-order valence-corrected chi connectivity index (χ3v) is 7.17. The number of aromatic amines is 1. The first kappa shape index (κ1) is 22.1. The molecule has 0 spiro atoms. The summed E-state index contributed by atoms with van der Waals surface area (Å²) in [6.07, 6.45) is 2.56. The average Bonchev–Trinajstić information content (AvgIpc) is 3.32. The van der Waals surface area contributed by atoms with Gasteiger partial charge in [0.15, 0.2) is 5.01 Å². The predicted molar refractivity (Wildman–Crippen MR) is 124 cm³/mol. The fourth-order valence-electron chi connectivity index (χ4n) is 3.97. The number of nitrogens with zero attached hydrogens (tertiary/aromatic N) is 2. The van der Waals surface area contributed by atoms with Crippen molar-refractivity contribution in [3.8, 4) is 0 Å². The molecule has 1 fully saturated rings. The average molecular weight is 480 g/mol. The Balaban J connectivity index is 0.00000231. The fraction of sp³-hybridized carbons (Fsp3) is 0.381. The fourth-order valence-corrected chi connectivity index (χ4v) is 5.24. The number of carbonyl (C=O) groups is 2. The largest absolute Gasteiger partial charge is 0.351 e. The molecule has 2 aliphatic rings. The molecule has 31 heavy (non-hydrogen) atoms. The van der Waals surface area contributed by atoms with E-state index >= 15 is 0 Å². The van der Waals surface area contributed by atoms with E-state index in [1.807, 2.05) is 12.1 Å². The molecule has 1 aromatic carbocycles. The van der Waals surface area contributed by atoms with Gasteiger partial charge in [0.2, 0.25) is 0 Å². The zero-order valence-electron chi connectivity index (χ0n) is 16.9. The van der Waals surface area contributed by atoms with Gasteiger partial charge >= 0.3 is 0 Å². The molecule has 0 bridgehead atoms. The Morgan fingerprint density at radius 3 is 2.68 bits per heavy atom. The van der Waals surface area contributed by atoms with Gasteiger partial charge in [-0.1, -0.05) is 11.6 Å². The van der Waals surface area contributed by atoms with Crippen molar-refractivity contribution in [3.63, 3.8) is 0 Å². The van der Waals surface area contributed by atoms with Crippen LogP contribution in [0.3, 0.4) is 0 Å². The van der Waals surface area contributed by atoms with Gasteiger partial charge in [-0.3, -0.25) is 9.59 Å². The van der Waals surface area contributed by atoms with Crippen molar-refractivity contribution in [2.45, 2.75) is 37.9 Å². The third-order valence-electron chi connectivity index (χ3n) is 5.85. The Kier molecular flexibility index (Phi) is 6.25. The molecule has 7 nitrogen and oxygen atoms in total. The first-order valence-electron chi connectivity index (χ1n) is 10.0. The van der Waals surface area contributed by atoms with Gasteiger partial charge in [0.1, 0.15) is 5.69 Å². The number of hydrogen-bond donors (Lipinski definition) is 3. The van der Waals surface area contributed by atoms with Crippen LogP contribution in [-0.4, -0.2) is 52.4 Å². The minimum atomic E-state index is -0.181. The molecule has 3 aromatic rings. The van der Waals surface area contributed by atoms with Gasteiger partial charge in [0, 0.05) is 52.4 Å². The second-order valence-electron chi connectivity index (χ2n) is 8.03. The van der Waals surface area contributed by atoms with Crippen LogP contribution in [0.4, 0.5) is 0 Å². The molecule has 1 aliphatic heterocycles. The van der Waals surface area contributed by atoms with Crippen molar-refractivity contribution in [2.75, 3.05) is 13.6 Å². The third kappa shape index (κ3) is 4.43. The highest BCUT2D eigenvalue weighted by molar-refractivity contribution is 7.13. The Bertz CT molecular complexity index is 1140. The summed E-state index contributed by atoms with van der Waals surface area (Å²) in [6, 6.07) is 7.09. The van der Waals surface area contributed by atoms with E-state index < -0.39 is 0 Å². The Morgan fingerprint density at radius 1 is 1.19 bits per heavy atom. The standard InChI is InChI=1S/C21H22ClN5O2S.ClH/c1-27-7-6-16-18(10-27)30-21(26-16)20(29)25-15-5-4-14(15)24-19(28)17-9-11-8-12(22)2-3-13(11)23-17;/h2-3,8-9,14-15,23H,4-7,10H2,1H3,(H,24,28)(H,25,29);1H/t14-,15+;/m0./s1. The highest BCUT2D eigenvalue weighted by Crippen LogP contribution is 2.26. The van der Waals surface area contributed by atoms with Crippen LogP contribution in [0.15, 0.2) is 24.3 Å². The van der Waals surface area contributed by atoms with Crippen LogP contribution in [0.2, 0.25) is 5.02 Å². The normalized spacial score (nSPS) is 20.5. The summed E-state index contributed by atoms with van der Waals surface area (Å²) in [5.74, 6) is -0.333. The lowest BCUT2D eigenvalue weighted by molar-refractivity contribution is 0.0826. The molecule has 1 saturated carbocycles. The zero-order chi connectivity index (χ0) is 20.8. The number of rotatable bonds is 4. The lowest BCUT2D eigenvalue weighted by Crippen LogP contribution is -2.58. The molecule has 0 saturated heterocycles. The van der Waals surface area contributed by atoms with E-state index in [1.165, 1.54) is 16.2 Å². The lowest BCUT2D eigenvalue weighted by Gasteiger charge is -2.37. The Labute approximate surface area is 195 Å². The number of likely N-dealkylation sites (N-methyl/N-ethyl adjacent to an activating group) is 1. The van der Waals surface area contributed by atoms with Crippen molar-refractivity contribution in [1.29, 1.82) is 0 Å². The van der Waals surface area contributed by atoms with E-state index in [1.54, 1.807) is 12.1 Å². The van der Waals surface area contributed by atoms with Crippen molar-refractivity contribution < 1.29 is 9.59 Å². The number of thiazole rings is 1. The predicted octanol–water partition coefficient (Wildman–Crippen LogP) is 3.38. The highest BCUT2D eigenvalue weighted by Gasteiger charge is 2.34. The smallest absolute Gasteiger partial charge is 0.280 e. The van der Waals surface area contributed by atoms with Gasteiger partial charge < -0.3 is 20.5 Å². The molecule has 164 valence electrons. The molecule has 5 rings (SSSR count). The number of benzene rings is 1. The summed E-state index contributed by atoms with van der Waals surface area (Å²) in [7, 11) is 2.08. The molecule has 2 atom stereocenters. The first-order valence-corrected chi connectivity index (χ1v) is 11.2. The summed E-state index contributed by atoms with van der Waals surface area (Å²) < 4.78 is 0. The molecule has 1 aliphatic carbocycles. The topological polar surface area (TPSA) is 90.1 Å². The van der Waals surface area contributed by atoms with E-state index in [4.69, 9.17) is 11.6 Å². The second-order valence-corrected chi connectivity index (χ2v) is 9.55. The van der Waals surface area contributed by atoms with Gasteiger partial charge in [-0.05, 0) is 44.2 Å². The number of amides is 2. The molecule has 0 unspecified atom stereocenters. The van der Waals surface area contributed by atoms with Crippen LogP contribution >= 0.6 is 35.3 Å². The quantitative estimate of drug-likeness (QED) is 0.534. The summed E-state index contributed by atoms with van der Waals surface area (Å²) in [6.45, 7) is 1.81. The summed E-state index contributed by atoms with van der Waals surface area (Å²) in [5.41, 5.74) is 2.39. The summed E-state index contributed by atoms with van der Waals surface area (Å²) in [5, 5.41) is 8.11. The molecular formula is C21H23Cl2N5O2S. The molecule has 3 heterocycles. The Morgan fingerprint density at radius 2 is 1.94 bits per heavy atom. The second kappa shape index (κ2) is 8.78. The molecule has 2 aromatic heterocycles. The molecule has 3 N–H and O–H groups in total. The number of carbonyl (C=O) groups excluding carboxylic acids is 2. The van der Waals surface area contributed by atoms with Crippen molar-refractivity contribution >= 4 is 58.1 Å². The SMILES string of the molecule is CN1CCc2nc(C(=O)N[C@@H]3CC[C@@H]3NC(=O)c3cc4cc(Cl)ccc4[nH]3)sc2C1.Cl. The number of hydrogen-bond acceptors (Lipinski definition) is 5. The number of aromatic nitrogens is 2. The molecule has 10 heteroatoms. The van der Waals surface area contributed by atoms with Gasteiger partial charge in [0.05, 0.1) is 5.69 Å². The van der Waals surface area contributed by atoms with Crippen molar-refractivity contribution in [1.82, 2.24) is 25.5 Å². The lowest BCUT2D eigenvalue weighted by atomic mass is 9.86. The zero-order valence-corrected chi connectivity index (χ0v) is 19.3. The summed E-state index contributed by atoms with van der Waals surface area (Å²) >= 11 is 7.49. The van der Waals surface area contributed by atoms with Gasteiger partial charge in [-0.2, -0.15) is 0 Å². The van der Waals surface area contributed by atoms with Crippen LogP contribution in [0, 0.1) is 0 Å². The maximum Gasteiger partial charge on any atom is 0.280 e. The molecule has 2 amide bonds. The highest BCUT2D eigenvalue weighted by atomic mass is 35.5. The molecular weight excluding hydrogens is 457 g/mol. The number of H-pyrrole nitrogens is 1. The maximum absolute atomic E-state index is 12.7. The van der Waals surface area contributed by atoms with E-state index in [0.29, 0.717) is 15.7 Å². The van der Waals surface area contributed by atoms with E-state index in [2.05, 4.69) is 32.5 Å². The number of halogens is 2. The number of fused-ring (bicyclic) bond motifs is 2. The van der Waals surface area contributed by atoms with Gasteiger partial charge in [-0.25, -0.2) is 4.98 Å². The minimum absolute atomic E-state index is 0. The summed E-state index contributed by atoms with van der Waals surface area (Å²) in [4.78, 5) is 36.4. The van der Waals surface area contributed by atoms with Crippen LogP contribution in [0.1, 0.15) is 43.7 Å². The van der Waals surface area contributed by atoms with Crippen LogP contribution < -0.4 is 10.6 Å². The van der Waals surface area contributed by atoms with Gasteiger partial charge in [0.25, 0.3) is 11.8 Å². The first-order chi connectivity index (χ1) is 14.5. The minimum Gasteiger partial charge on any atom is -0.351 e. The number of nitrogens with one attached hydrogen (secondary N) is 3. The molecule has 0 radical (unpaired) electrons. The van der Waals surface area contributed by atoms with Crippen LogP contribution in [0.5, 0.6) is 0 Å². The van der Waals surface area contributed by atoms with Gasteiger partial charge in [-0.15, -0.1) is 23.7 Å². The Hall–Kier alpha value is -2.13. The van der Waals surface area contributed by atoms with Crippen LogP contribution in [-0.2, 0) is 13.0 Å². The maximum atomic E-state index is 12.7. The van der Waals surface area contributed by atoms with E-state index in [-0.39, 0.29) is 36.3 Å². The van der Waals surface area contributed by atoms with Crippen molar-refractivity contribution in [3.05, 3.63) is 50.6 Å².